The van der Waals surface area contributed by atoms with Crippen molar-refractivity contribution < 1.29 is 4.79 Å². The summed E-state index contributed by atoms with van der Waals surface area (Å²) in [5.41, 5.74) is 7.78. The molecule has 0 saturated carbocycles. The maximum absolute atomic E-state index is 11.7. The molecule has 1 unspecified atom stereocenters. The molecule has 0 saturated heterocycles. The monoisotopic (exact) mass is 248 g/mol. The molecular weight excluding hydrogens is 224 g/mol. The van der Waals surface area contributed by atoms with Crippen LogP contribution < -0.4 is 11.1 Å². The summed E-state index contributed by atoms with van der Waals surface area (Å²) in [5.74, 6) is 0.689. The average Bonchev–Trinajstić information content (AvgIpc) is 2.36. The van der Waals surface area contributed by atoms with Gasteiger partial charge in [0.2, 0.25) is 5.91 Å². The first-order valence-electron chi connectivity index (χ1n) is 6.61. The standard InChI is InChI=1S/C15H24N2O/c1-11(2)4-9-15(18)17-12(3)14-7-5-13(10-16)6-8-14/h5-8,11-12H,4,9-10,16H2,1-3H3,(H,17,18). The topological polar surface area (TPSA) is 55.1 Å². The molecule has 18 heavy (non-hydrogen) atoms. The predicted molar refractivity (Wildman–Crippen MR) is 75.0 cm³/mol. The SMILES string of the molecule is CC(C)CCC(=O)NC(C)c1ccc(CN)cc1. The molecule has 1 amide bonds. The van der Waals surface area contributed by atoms with Crippen LogP contribution in [0.3, 0.4) is 0 Å². The molecule has 100 valence electrons. The number of hydrogen-bond donors (Lipinski definition) is 2. The molecule has 1 rings (SSSR count). The minimum atomic E-state index is 0.0523. The van der Waals surface area contributed by atoms with Crippen molar-refractivity contribution in [2.45, 2.75) is 46.2 Å². The normalized spacial score (nSPS) is 12.5. The van der Waals surface area contributed by atoms with Crippen molar-refractivity contribution in [2.24, 2.45) is 11.7 Å². The summed E-state index contributed by atoms with van der Waals surface area (Å²) in [6.45, 7) is 6.81. The Bertz CT molecular complexity index is 371. The number of nitrogens with two attached hydrogens (primary N) is 1. The molecule has 1 aromatic rings. The van der Waals surface area contributed by atoms with E-state index < -0.39 is 0 Å². The van der Waals surface area contributed by atoms with E-state index in [0.29, 0.717) is 18.9 Å². The number of benzene rings is 1. The molecule has 3 heteroatoms. The van der Waals surface area contributed by atoms with Crippen molar-refractivity contribution in [1.29, 1.82) is 0 Å². The lowest BCUT2D eigenvalue weighted by Gasteiger charge is -2.15. The highest BCUT2D eigenvalue weighted by molar-refractivity contribution is 5.76. The number of carbonyl (C=O) groups is 1. The fourth-order valence-corrected chi connectivity index (χ4v) is 1.76. The van der Waals surface area contributed by atoms with Gasteiger partial charge in [-0.05, 0) is 30.4 Å². The smallest absolute Gasteiger partial charge is 0.220 e. The van der Waals surface area contributed by atoms with E-state index in [0.717, 1.165) is 17.5 Å². The van der Waals surface area contributed by atoms with Crippen LogP contribution in [0, 0.1) is 5.92 Å². The molecule has 0 aliphatic heterocycles. The molecule has 0 bridgehead atoms. The van der Waals surface area contributed by atoms with Gasteiger partial charge in [-0.15, -0.1) is 0 Å². The van der Waals surface area contributed by atoms with Crippen molar-refractivity contribution in [3.05, 3.63) is 35.4 Å². The van der Waals surface area contributed by atoms with Crippen molar-refractivity contribution >= 4 is 5.91 Å². The maximum Gasteiger partial charge on any atom is 0.220 e. The highest BCUT2D eigenvalue weighted by Crippen LogP contribution is 2.14. The van der Waals surface area contributed by atoms with E-state index in [1.165, 1.54) is 0 Å². The fourth-order valence-electron chi connectivity index (χ4n) is 1.76. The Morgan fingerprint density at radius 3 is 2.33 bits per heavy atom. The van der Waals surface area contributed by atoms with Crippen molar-refractivity contribution in [3.8, 4) is 0 Å². The Morgan fingerprint density at radius 2 is 1.83 bits per heavy atom. The zero-order valence-corrected chi connectivity index (χ0v) is 11.6. The lowest BCUT2D eigenvalue weighted by atomic mass is 10.0. The van der Waals surface area contributed by atoms with Crippen LogP contribution in [-0.4, -0.2) is 5.91 Å². The molecule has 0 fully saturated rings. The van der Waals surface area contributed by atoms with Crippen LogP contribution in [-0.2, 0) is 11.3 Å². The molecule has 0 aromatic heterocycles. The zero-order valence-electron chi connectivity index (χ0n) is 11.6. The van der Waals surface area contributed by atoms with Gasteiger partial charge in [-0.3, -0.25) is 4.79 Å². The molecule has 1 atom stereocenters. The van der Waals surface area contributed by atoms with Gasteiger partial charge in [0.25, 0.3) is 0 Å². The average molecular weight is 248 g/mol. The third kappa shape index (κ3) is 4.88. The third-order valence-electron chi connectivity index (χ3n) is 3.04. The van der Waals surface area contributed by atoms with Gasteiger partial charge in [0.05, 0.1) is 6.04 Å². The number of rotatable bonds is 6. The molecular formula is C15H24N2O. The summed E-state index contributed by atoms with van der Waals surface area (Å²) in [5, 5.41) is 3.02. The fraction of sp³-hybridized carbons (Fsp3) is 0.533. The van der Waals surface area contributed by atoms with Gasteiger partial charge in [0.15, 0.2) is 0 Å². The van der Waals surface area contributed by atoms with Gasteiger partial charge in [0.1, 0.15) is 0 Å². The van der Waals surface area contributed by atoms with E-state index in [1.807, 2.05) is 31.2 Å². The van der Waals surface area contributed by atoms with E-state index in [-0.39, 0.29) is 11.9 Å². The molecule has 3 N–H and O–H groups in total. The summed E-state index contributed by atoms with van der Waals surface area (Å²) < 4.78 is 0. The zero-order chi connectivity index (χ0) is 13.5. The van der Waals surface area contributed by atoms with Gasteiger partial charge in [-0.2, -0.15) is 0 Å². The van der Waals surface area contributed by atoms with Gasteiger partial charge in [-0.1, -0.05) is 38.1 Å². The minimum Gasteiger partial charge on any atom is -0.350 e. The van der Waals surface area contributed by atoms with Gasteiger partial charge in [-0.25, -0.2) is 0 Å². The van der Waals surface area contributed by atoms with E-state index in [1.54, 1.807) is 0 Å². The first-order valence-corrected chi connectivity index (χ1v) is 6.61. The Balaban J connectivity index is 2.48. The van der Waals surface area contributed by atoms with E-state index in [4.69, 9.17) is 5.73 Å². The Labute approximate surface area is 110 Å². The van der Waals surface area contributed by atoms with Crippen molar-refractivity contribution in [1.82, 2.24) is 5.32 Å². The van der Waals surface area contributed by atoms with Gasteiger partial charge < -0.3 is 11.1 Å². The Hall–Kier alpha value is -1.35. The molecule has 1 aromatic carbocycles. The first-order chi connectivity index (χ1) is 8.52. The summed E-state index contributed by atoms with van der Waals surface area (Å²) in [4.78, 5) is 11.7. The van der Waals surface area contributed by atoms with Gasteiger partial charge >= 0.3 is 0 Å². The molecule has 0 heterocycles. The number of nitrogens with one attached hydrogen (secondary N) is 1. The second-order valence-electron chi connectivity index (χ2n) is 5.17. The first kappa shape index (κ1) is 14.7. The lowest BCUT2D eigenvalue weighted by molar-refractivity contribution is -0.122. The number of amides is 1. The summed E-state index contributed by atoms with van der Waals surface area (Å²) >= 11 is 0. The lowest BCUT2D eigenvalue weighted by Crippen LogP contribution is -2.26. The Kier molecular flexibility index (Phi) is 5.86. The van der Waals surface area contributed by atoms with Crippen LogP contribution in [0.2, 0.25) is 0 Å². The highest BCUT2D eigenvalue weighted by atomic mass is 16.1. The predicted octanol–water partition coefficient (Wildman–Crippen LogP) is 2.76. The second-order valence-corrected chi connectivity index (χ2v) is 5.17. The van der Waals surface area contributed by atoms with Crippen LogP contribution in [0.1, 0.15) is 50.8 Å². The van der Waals surface area contributed by atoms with Crippen LogP contribution in [0.15, 0.2) is 24.3 Å². The Morgan fingerprint density at radius 1 is 1.22 bits per heavy atom. The highest BCUT2D eigenvalue weighted by Gasteiger charge is 2.09. The van der Waals surface area contributed by atoms with Crippen LogP contribution in [0.4, 0.5) is 0 Å². The van der Waals surface area contributed by atoms with Crippen molar-refractivity contribution in [2.75, 3.05) is 0 Å². The summed E-state index contributed by atoms with van der Waals surface area (Å²) in [7, 11) is 0. The van der Waals surface area contributed by atoms with Crippen molar-refractivity contribution in [3.63, 3.8) is 0 Å². The van der Waals surface area contributed by atoms with E-state index >= 15 is 0 Å². The number of hydrogen-bond acceptors (Lipinski definition) is 2. The van der Waals surface area contributed by atoms with Crippen LogP contribution in [0.25, 0.3) is 0 Å². The van der Waals surface area contributed by atoms with E-state index in [2.05, 4.69) is 19.2 Å². The molecule has 0 aliphatic carbocycles. The molecule has 0 aliphatic rings. The van der Waals surface area contributed by atoms with E-state index in [9.17, 15) is 4.79 Å². The quantitative estimate of drug-likeness (QED) is 0.813. The minimum absolute atomic E-state index is 0.0523. The van der Waals surface area contributed by atoms with Gasteiger partial charge in [0, 0.05) is 13.0 Å². The molecule has 0 spiro atoms. The molecule has 3 nitrogen and oxygen atoms in total. The summed E-state index contributed by atoms with van der Waals surface area (Å²) in [6, 6.07) is 8.11. The van der Waals surface area contributed by atoms with Crippen LogP contribution >= 0.6 is 0 Å². The third-order valence-corrected chi connectivity index (χ3v) is 3.04. The number of carbonyl (C=O) groups excluding carboxylic acids is 1. The second kappa shape index (κ2) is 7.17. The summed E-state index contributed by atoms with van der Waals surface area (Å²) in [6.07, 6.45) is 1.54. The van der Waals surface area contributed by atoms with Crippen LogP contribution in [0.5, 0.6) is 0 Å². The largest absolute Gasteiger partial charge is 0.350 e. The maximum atomic E-state index is 11.7. The molecule has 0 radical (unpaired) electrons.